The van der Waals surface area contributed by atoms with Crippen molar-refractivity contribution in [2.24, 2.45) is 0 Å². The van der Waals surface area contributed by atoms with E-state index in [1.54, 1.807) is 12.1 Å². The van der Waals surface area contributed by atoms with Crippen molar-refractivity contribution in [1.82, 2.24) is 5.32 Å². The summed E-state index contributed by atoms with van der Waals surface area (Å²) in [7, 11) is 0. The van der Waals surface area contributed by atoms with Crippen LogP contribution in [0.1, 0.15) is 5.56 Å². The molecule has 1 aliphatic heterocycles. The molecule has 1 heterocycles. The molecule has 2 rings (SSSR count). The lowest BCUT2D eigenvalue weighted by Gasteiger charge is -2.12. The van der Waals surface area contributed by atoms with E-state index in [2.05, 4.69) is 15.9 Å². The fraction of sp³-hybridized carbons (Fsp3) is 0.100. The third kappa shape index (κ3) is 1.71. The lowest BCUT2D eigenvalue weighted by Crippen LogP contribution is -2.30. The summed E-state index contributed by atoms with van der Waals surface area (Å²) in [6, 6.07) is 4.38. The van der Waals surface area contributed by atoms with E-state index in [0.29, 0.717) is 5.69 Å². The Bertz CT molecular complexity index is 493. The number of hydrogen-bond donors (Lipinski definition) is 1. The van der Waals surface area contributed by atoms with E-state index in [0.717, 1.165) is 14.9 Å². The van der Waals surface area contributed by atoms with Crippen LogP contribution in [0.2, 0.25) is 0 Å². The molecule has 1 fully saturated rings. The van der Waals surface area contributed by atoms with Crippen molar-refractivity contribution in [2.45, 2.75) is 6.92 Å². The summed E-state index contributed by atoms with van der Waals surface area (Å²) in [6.45, 7) is 1.83. The average Bonchev–Trinajstić information content (AvgIpc) is 2.39. The molecule has 0 radical (unpaired) electrons. The van der Waals surface area contributed by atoms with Gasteiger partial charge in [0.1, 0.15) is 0 Å². The van der Waals surface area contributed by atoms with Gasteiger partial charge >= 0.3 is 17.8 Å². The molecule has 0 aromatic heterocycles. The van der Waals surface area contributed by atoms with E-state index in [1.807, 2.05) is 18.3 Å². The van der Waals surface area contributed by atoms with E-state index in [-0.39, 0.29) is 0 Å². The highest BCUT2D eigenvalue weighted by atomic mass is 79.9. The summed E-state index contributed by atoms with van der Waals surface area (Å²) in [5.41, 5.74) is 1.25. The maximum atomic E-state index is 11.4. The Morgan fingerprint density at radius 3 is 2.38 bits per heavy atom. The van der Waals surface area contributed by atoms with Gasteiger partial charge in [-0.25, -0.2) is 9.69 Å². The van der Waals surface area contributed by atoms with Crippen molar-refractivity contribution >= 4 is 39.5 Å². The normalized spacial score (nSPS) is 15.6. The first kappa shape index (κ1) is 10.8. The molecule has 0 atom stereocenters. The van der Waals surface area contributed by atoms with Crippen molar-refractivity contribution in [2.75, 3.05) is 4.90 Å². The highest BCUT2D eigenvalue weighted by Crippen LogP contribution is 2.24. The first-order valence-corrected chi connectivity index (χ1v) is 5.25. The number of hydrogen-bond acceptors (Lipinski definition) is 3. The summed E-state index contributed by atoms with van der Waals surface area (Å²) in [5.74, 6) is -1.76. The van der Waals surface area contributed by atoms with Crippen molar-refractivity contribution in [1.29, 1.82) is 0 Å². The van der Waals surface area contributed by atoms with Crippen LogP contribution >= 0.6 is 15.9 Å². The summed E-state index contributed by atoms with van der Waals surface area (Å²) in [5, 5.41) is 1.94. The zero-order valence-electron chi connectivity index (χ0n) is 8.28. The van der Waals surface area contributed by atoms with Gasteiger partial charge in [-0.1, -0.05) is 15.9 Å². The number of aryl methyl sites for hydroxylation is 1. The lowest BCUT2D eigenvalue weighted by molar-refractivity contribution is -0.134. The molecule has 6 heteroatoms. The predicted octanol–water partition coefficient (Wildman–Crippen LogP) is 1.34. The van der Waals surface area contributed by atoms with Crippen molar-refractivity contribution in [3.8, 4) is 0 Å². The summed E-state index contributed by atoms with van der Waals surface area (Å²) >= 11 is 3.26. The second-order valence-electron chi connectivity index (χ2n) is 3.39. The summed E-state index contributed by atoms with van der Waals surface area (Å²) in [6.07, 6.45) is 0. The molecule has 0 spiro atoms. The minimum absolute atomic E-state index is 0.375. The third-order valence-corrected chi connectivity index (χ3v) is 2.56. The van der Waals surface area contributed by atoms with Crippen molar-refractivity contribution in [3.63, 3.8) is 0 Å². The molecule has 1 aromatic rings. The Morgan fingerprint density at radius 1 is 1.19 bits per heavy atom. The Morgan fingerprint density at radius 2 is 1.88 bits per heavy atom. The molecule has 4 amide bonds. The zero-order valence-corrected chi connectivity index (χ0v) is 9.87. The first-order chi connectivity index (χ1) is 7.49. The first-order valence-electron chi connectivity index (χ1n) is 4.45. The average molecular weight is 283 g/mol. The Balaban J connectivity index is 2.48. The number of carbonyl (C=O) groups excluding carboxylic acids is 3. The number of nitrogens with zero attached hydrogens (tertiary/aromatic N) is 1. The number of anilines is 1. The molecule has 1 N–H and O–H groups in total. The fourth-order valence-electron chi connectivity index (χ4n) is 1.48. The Hall–Kier alpha value is -1.69. The number of benzene rings is 1. The molecule has 82 valence electrons. The maximum Gasteiger partial charge on any atom is 0.336 e. The van der Waals surface area contributed by atoms with Crippen LogP contribution in [-0.2, 0) is 9.59 Å². The van der Waals surface area contributed by atoms with Crippen LogP contribution in [0.5, 0.6) is 0 Å². The quantitative estimate of drug-likeness (QED) is 0.624. The van der Waals surface area contributed by atoms with Gasteiger partial charge in [0, 0.05) is 4.47 Å². The molecular weight excluding hydrogens is 276 g/mol. The Kier molecular flexibility index (Phi) is 2.51. The molecule has 0 saturated carbocycles. The van der Waals surface area contributed by atoms with Crippen LogP contribution in [0.15, 0.2) is 22.7 Å². The molecule has 1 aromatic carbocycles. The van der Waals surface area contributed by atoms with E-state index in [9.17, 15) is 14.4 Å². The summed E-state index contributed by atoms with van der Waals surface area (Å²) in [4.78, 5) is 34.6. The zero-order chi connectivity index (χ0) is 11.9. The van der Waals surface area contributed by atoms with Crippen molar-refractivity contribution in [3.05, 3.63) is 28.2 Å². The molecule has 0 aliphatic carbocycles. The molecule has 1 aliphatic rings. The van der Waals surface area contributed by atoms with Gasteiger partial charge < -0.3 is 0 Å². The number of urea groups is 1. The highest BCUT2D eigenvalue weighted by Gasteiger charge is 2.38. The van der Waals surface area contributed by atoms with Gasteiger partial charge in [-0.05, 0) is 30.7 Å². The van der Waals surface area contributed by atoms with Crippen LogP contribution < -0.4 is 10.2 Å². The van der Waals surface area contributed by atoms with Crippen LogP contribution in [0.25, 0.3) is 0 Å². The fourth-order valence-corrected chi connectivity index (χ4v) is 2.08. The standard InChI is InChI=1S/C10H7BrN2O3/c1-5-2-6(11)4-7(3-5)13-9(15)8(14)12-10(13)16/h2-4H,1H3,(H,12,14,16). The van der Waals surface area contributed by atoms with Crippen LogP contribution in [-0.4, -0.2) is 17.8 Å². The molecule has 16 heavy (non-hydrogen) atoms. The van der Waals surface area contributed by atoms with Gasteiger partial charge in [0.2, 0.25) is 0 Å². The second kappa shape index (κ2) is 3.71. The van der Waals surface area contributed by atoms with E-state index < -0.39 is 17.8 Å². The Labute approximate surface area is 99.5 Å². The van der Waals surface area contributed by atoms with Gasteiger partial charge in [0.15, 0.2) is 0 Å². The smallest absolute Gasteiger partial charge is 0.269 e. The number of nitrogens with one attached hydrogen (secondary N) is 1. The predicted molar refractivity (Wildman–Crippen MR) is 59.9 cm³/mol. The maximum absolute atomic E-state index is 11.4. The molecular formula is C10H7BrN2O3. The molecule has 0 unspecified atom stereocenters. The van der Waals surface area contributed by atoms with E-state index in [1.165, 1.54) is 0 Å². The highest BCUT2D eigenvalue weighted by molar-refractivity contribution is 9.10. The molecule has 0 bridgehead atoms. The number of carbonyl (C=O) groups is 3. The van der Waals surface area contributed by atoms with E-state index in [4.69, 9.17) is 0 Å². The topological polar surface area (TPSA) is 66.5 Å². The number of rotatable bonds is 1. The van der Waals surface area contributed by atoms with Crippen LogP contribution in [0, 0.1) is 6.92 Å². The van der Waals surface area contributed by atoms with Crippen LogP contribution in [0.3, 0.4) is 0 Å². The summed E-state index contributed by atoms with van der Waals surface area (Å²) < 4.78 is 0.738. The lowest BCUT2D eigenvalue weighted by atomic mass is 10.2. The minimum atomic E-state index is -0.900. The van der Waals surface area contributed by atoms with E-state index >= 15 is 0 Å². The van der Waals surface area contributed by atoms with Gasteiger partial charge in [-0.3, -0.25) is 14.9 Å². The van der Waals surface area contributed by atoms with Gasteiger partial charge in [0.25, 0.3) is 0 Å². The largest absolute Gasteiger partial charge is 0.336 e. The van der Waals surface area contributed by atoms with Gasteiger partial charge in [-0.15, -0.1) is 0 Å². The second-order valence-corrected chi connectivity index (χ2v) is 4.30. The monoisotopic (exact) mass is 282 g/mol. The SMILES string of the molecule is Cc1cc(Br)cc(N2C(=O)NC(=O)C2=O)c1. The van der Waals surface area contributed by atoms with Gasteiger partial charge in [-0.2, -0.15) is 0 Å². The van der Waals surface area contributed by atoms with Gasteiger partial charge in [0.05, 0.1) is 5.69 Å². The van der Waals surface area contributed by atoms with Crippen LogP contribution in [0.4, 0.5) is 10.5 Å². The molecule has 1 saturated heterocycles. The third-order valence-electron chi connectivity index (χ3n) is 2.11. The number of imide groups is 2. The number of amides is 4. The number of halogens is 1. The minimum Gasteiger partial charge on any atom is -0.269 e. The van der Waals surface area contributed by atoms with Crippen molar-refractivity contribution < 1.29 is 14.4 Å². The molecule has 5 nitrogen and oxygen atoms in total.